The van der Waals surface area contributed by atoms with E-state index in [0.29, 0.717) is 0 Å². The second-order valence-corrected chi connectivity index (χ2v) is 4.34. The van der Waals surface area contributed by atoms with Crippen LogP contribution >= 0.6 is 0 Å². The first-order valence-electron chi connectivity index (χ1n) is 5.10. The summed E-state index contributed by atoms with van der Waals surface area (Å²) in [6.07, 6.45) is 2.76. The predicted octanol–water partition coefficient (Wildman–Crippen LogP) is 1.23. The molecule has 1 fully saturated rings. The van der Waals surface area contributed by atoms with Gasteiger partial charge in [-0.25, -0.2) is 0 Å². The fourth-order valence-corrected chi connectivity index (χ4v) is 1.86. The number of nitrogens with one attached hydrogen (secondary N) is 2. The molecule has 0 bridgehead atoms. The number of rotatable bonds is 5. The molecule has 1 rings (SSSR count). The van der Waals surface area contributed by atoms with Gasteiger partial charge in [-0.15, -0.1) is 0 Å². The lowest BCUT2D eigenvalue weighted by molar-refractivity contribution is 0.233. The first-order valence-corrected chi connectivity index (χ1v) is 5.10. The minimum atomic E-state index is 0.755. The van der Waals surface area contributed by atoms with Crippen molar-refractivity contribution in [3.8, 4) is 0 Å². The predicted molar refractivity (Wildman–Crippen MR) is 53.3 cm³/mol. The SMILES string of the molecule is CNCC(C)CNC1CC(C)C1. The van der Waals surface area contributed by atoms with Crippen molar-refractivity contribution in [1.29, 1.82) is 0 Å². The Kier molecular flexibility index (Phi) is 4.02. The van der Waals surface area contributed by atoms with E-state index in [-0.39, 0.29) is 0 Å². The van der Waals surface area contributed by atoms with E-state index in [4.69, 9.17) is 0 Å². The van der Waals surface area contributed by atoms with Gasteiger partial charge in [-0.2, -0.15) is 0 Å². The van der Waals surface area contributed by atoms with Crippen molar-refractivity contribution in [1.82, 2.24) is 10.6 Å². The highest BCUT2D eigenvalue weighted by molar-refractivity contribution is 4.82. The molecule has 0 amide bonds. The Morgan fingerprint density at radius 3 is 2.50 bits per heavy atom. The molecule has 0 aliphatic heterocycles. The van der Waals surface area contributed by atoms with Crippen molar-refractivity contribution in [2.45, 2.75) is 32.7 Å². The average Bonchev–Trinajstić information content (AvgIpc) is 1.96. The summed E-state index contributed by atoms with van der Waals surface area (Å²) in [5.74, 6) is 1.72. The van der Waals surface area contributed by atoms with Gasteiger partial charge in [0, 0.05) is 6.04 Å². The first kappa shape index (κ1) is 10.0. The summed E-state index contributed by atoms with van der Waals surface area (Å²) in [4.78, 5) is 0. The highest BCUT2D eigenvalue weighted by Gasteiger charge is 2.24. The van der Waals surface area contributed by atoms with Crippen molar-refractivity contribution >= 4 is 0 Å². The molecule has 2 heteroatoms. The van der Waals surface area contributed by atoms with E-state index < -0.39 is 0 Å². The van der Waals surface area contributed by atoms with Crippen molar-refractivity contribution in [3.05, 3.63) is 0 Å². The minimum Gasteiger partial charge on any atom is -0.319 e. The van der Waals surface area contributed by atoms with Gasteiger partial charge < -0.3 is 10.6 Å². The molecule has 1 aliphatic carbocycles. The van der Waals surface area contributed by atoms with E-state index in [1.165, 1.54) is 12.8 Å². The van der Waals surface area contributed by atoms with Crippen LogP contribution in [0, 0.1) is 11.8 Å². The van der Waals surface area contributed by atoms with Gasteiger partial charge >= 0.3 is 0 Å². The van der Waals surface area contributed by atoms with Crippen LogP contribution in [-0.4, -0.2) is 26.2 Å². The molecule has 72 valence electrons. The van der Waals surface area contributed by atoms with Crippen LogP contribution in [0.15, 0.2) is 0 Å². The fraction of sp³-hybridized carbons (Fsp3) is 1.00. The molecule has 1 unspecified atom stereocenters. The van der Waals surface area contributed by atoms with Crippen LogP contribution in [0.4, 0.5) is 0 Å². The third kappa shape index (κ3) is 3.11. The lowest BCUT2D eigenvalue weighted by atomic mass is 9.82. The summed E-state index contributed by atoms with van der Waals surface area (Å²) >= 11 is 0. The molecule has 2 N–H and O–H groups in total. The zero-order chi connectivity index (χ0) is 8.97. The molecule has 0 aromatic carbocycles. The standard InChI is InChI=1S/C10H22N2/c1-8-4-10(5-8)12-7-9(2)6-11-3/h8-12H,4-7H2,1-3H3. The van der Waals surface area contributed by atoms with Crippen LogP contribution in [0.3, 0.4) is 0 Å². The van der Waals surface area contributed by atoms with Crippen LogP contribution < -0.4 is 10.6 Å². The minimum absolute atomic E-state index is 0.755. The third-order valence-corrected chi connectivity index (χ3v) is 2.68. The van der Waals surface area contributed by atoms with E-state index in [1.807, 2.05) is 7.05 Å². The van der Waals surface area contributed by atoms with Crippen molar-refractivity contribution in [2.75, 3.05) is 20.1 Å². The Balaban J connectivity index is 1.95. The molecule has 12 heavy (non-hydrogen) atoms. The maximum absolute atomic E-state index is 3.59. The molecule has 0 heterocycles. The largest absolute Gasteiger partial charge is 0.319 e. The van der Waals surface area contributed by atoms with Crippen molar-refractivity contribution in [3.63, 3.8) is 0 Å². The topological polar surface area (TPSA) is 24.1 Å². The molecule has 2 nitrogen and oxygen atoms in total. The van der Waals surface area contributed by atoms with Crippen LogP contribution in [0.5, 0.6) is 0 Å². The van der Waals surface area contributed by atoms with Gasteiger partial charge in [0.05, 0.1) is 0 Å². The van der Waals surface area contributed by atoms with Gasteiger partial charge in [0.1, 0.15) is 0 Å². The van der Waals surface area contributed by atoms with Crippen LogP contribution in [-0.2, 0) is 0 Å². The Hall–Kier alpha value is -0.0800. The summed E-state index contributed by atoms with van der Waals surface area (Å²) < 4.78 is 0. The lowest BCUT2D eigenvalue weighted by Gasteiger charge is -2.34. The molecule has 1 aliphatic rings. The highest BCUT2D eigenvalue weighted by Crippen LogP contribution is 2.26. The summed E-state index contributed by atoms with van der Waals surface area (Å²) in [5.41, 5.74) is 0. The highest BCUT2D eigenvalue weighted by atomic mass is 14.9. The van der Waals surface area contributed by atoms with Crippen molar-refractivity contribution in [2.24, 2.45) is 11.8 Å². The summed E-state index contributed by atoms with van der Waals surface area (Å²) in [6, 6.07) is 0.819. The zero-order valence-corrected chi connectivity index (χ0v) is 8.56. The monoisotopic (exact) mass is 170 g/mol. The zero-order valence-electron chi connectivity index (χ0n) is 8.56. The summed E-state index contributed by atoms with van der Waals surface area (Å²) in [7, 11) is 2.02. The maximum Gasteiger partial charge on any atom is 0.00722 e. The van der Waals surface area contributed by atoms with E-state index in [9.17, 15) is 0 Å². The fourth-order valence-electron chi connectivity index (χ4n) is 1.86. The van der Waals surface area contributed by atoms with Gasteiger partial charge in [-0.05, 0) is 44.8 Å². The second kappa shape index (κ2) is 4.83. The van der Waals surface area contributed by atoms with E-state index in [0.717, 1.165) is 31.0 Å². The lowest BCUT2D eigenvalue weighted by Crippen LogP contribution is -2.43. The number of hydrogen-bond donors (Lipinski definition) is 2. The average molecular weight is 170 g/mol. The number of hydrogen-bond acceptors (Lipinski definition) is 2. The maximum atomic E-state index is 3.59. The molecule has 0 spiro atoms. The van der Waals surface area contributed by atoms with E-state index in [1.54, 1.807) is 0 Å². The normalized spacial score (nSPS) is 31.2. The van der Waals surface area contributed by atoms with Gasteiger partial charge in [-0.1, -0.05) is 13.8 Å². The molecule has 1 atom stereocenters. The Morgan fingerprint density at radius 1 is 1.33 bits per heavy atom. The Bertz CT molecular complexity index is 114. The Labute approximate surface area is 76.1 Å². The van der Waals surface area contributed by atoms with Gasteiger partial charge in [0.2, 0.25) is 0 Å². The molecule has 0 radical (unpaired) electrons. The summed E-state index contributed by atoms with van der Waals surface area (Å²) in [6.45, 7) is 6.90. The van der Waals surface area contributed by atoms with Gasteiger partial charge in [0.15, 0.2) is 0 Å². The summed E-state index contributed by atoms with van der Waals surface area (Å²) in [5, 5.41) is 6.79. The molecule has 0 aromatic rings. The third-order valence-electron chi connectivity index (χ3n) is 2.68. The van der Waals surface area contributed by atoms with E-state index >= 15 is 0 Å². The Morgan fingerprint density at radius 2 is 2.00 bits per heavy atom. The first-order chi connectivity index (χ1) is 5.72. The van der Waals surface area contributed by atoms with E-state index in [2.05, 4.69) is 24.5 Å². The molecular formula is C10H22N2. The van der Waals surface area contributed by atoms with Crippen LogP contribution in [0.25, 0.3) is 0 Å². The quantitative estimate of drug-likeness (QED) is 0.648. The van der Waals surface area contributed by atoms with Gasteiger partial charge in [-0.3, -0.25) is 0 Å². The molecule has 0 saturated heterocycles. The second-order valence-electron chi connectivity index (χ2n) is 4.34. The molecule has 0 aromatic heterocycles. The molecule has 1 saturated carbocycles. The van der Waals surface area contributed by atoms with Crippen molar-refractivity contribution < 1.29 is 0 Å². The van der Waals surface area contributed by atoms with Crippen LogP contribution in [0.1, 0.15) is 26.7 Å². The molecular weight excluding hydrogens is 148 g/mol. The van der Waals surface area contributed by atoms with Gasteiger partial charge in [0.25, 0.3) is 0 Å². The smallest absolute Gasteiger partial charge is 0.00722 e. The van der Waals surface area contributed by atoms with Crippen LogP contribution in [0.2, 0.25) is 0 Å².